The van der Waals surface area contributed by atoms with E-state index in [9.17, 15) is 4.39 Å². The maximum absolute atomic E-state index is 12.8. The predicted molar refractivity (Wildman–Crippen MR) is 67.6 cm³/mol. The molecule has 1 aliphatic heterocycles. The van der Waals surface area contributed by atoms with E-state index in [1.54, 1.807) is 0 Å². The van der Waals surface area contributed by atoms with Crippen LogP contribution in [0.3, 0.4) is 0 Å². The molecule has 0 bridgehead atoms. The summed E-state index contributed by atoms with van der Waals surface area (Å²) in [5, 5.41) is 0. The minimum atomic E-state index is -0.721. The number of benzene rings is 1. The molecule has 1 aliphatic rings. The normalized spacial score (nSPS) is 16.4. The Hall–Kier alpha value is -2.17. The fourth-order valence-electron chi connectivity index (χ4n) is 2.33. The van der Waals surface area contributed by atoms with Crippen LogP contribution in [-0.2, 0) is 0 Å². The highest BCUT2D eigenvalue weighted by atomic mass is 19.1. The quantitative estimate of drug-likeness (QED) is 0.654. The Labute approximate surface area is 103 Å². The van der Waals surface area contributed by atoms with Crippen LogP contribution in [0.2, 0.25) is 0 Å². The Morgan fingerprint density at radius 3 is 2.78 bits per heavy atom. The highest BCUT2D eigenvalue weighted by molar-refractivity contribution is 5.79. The lowest BCUT2D eigenvalue weighted by atomic mass is 10.2. The second kappa shape index (κ2) is 3.41. The second-order valence-corrected chi connectivity index (χ2v) is 4.56. The summed E-state index contributed by atoms with van der Waals surface area (Å²) in [4.78, 5) is 10.9. The highest BCUT2D eigenvalue weighted by Gasteiger charge is 2.27. The van der Waals surface area contributed by atoms with Gasteiger partial charge in [0.15, 0.2) is 0 Å². The molecule has 0 aliphatic carbocycles. The average molecular weight is 242 g/mol. The standard InChI is InChI=1S/C13H11FN4/c14-9-7-17(8-9)12-5-6-18-11-4-2-1-3-10(11)15-13(18)16-12/h1-6,9H,7-8H2. The maximum atomic E-state index is 12.8. The van der Waals surface area contributed by atoms with Gasteiger partial charge in [0.2, 0.25) is 5.78 Å². The van der Waals surface area contributed by atoms with Crippen molar-refractivity contribution in [1.82, 2.24) is 14.4 Å². The van der Waals surface area contributed by atoms with Gasteiger partial charge in [-0.3, -0.25) is 4.40 Å². The molecule has 0 amide bonds. The van der Waals surface area contributed by atoms with Gasteiger partial charge in [-0.25, -0.2) is 9.37 Å². The van der Waals surface area contributed by atoms with Crippen molar-refractivity contribution in [3.8, 4) is 0 Å². The summed E-state index contributed by atoms with van der Waals surface area (Å²) < 4.78 is 14.8. The summed E-state index contributed by atoms with van der Waals surface area (Å²) >= 11 is 0. The largest absolute Gasteiger partial charge is 0.350 e. The van der Waals surface area contributed by atoms with Gasteiger partial charge in [-0.2, -0.15) is 4.98 Å². The molecule has 0 radical (unpaired) electrons. The molecule has 0 unspecified atom stereocenters. The summed E-state index contributed by atoms with van der Waals surface area (Å²) in [5.41, 5.74) is 1.97. The zero-order chi connectivity index (χ0) is 12.1. The molecule has 0 N–H and O–H groups in total. The summed E-state index contributed by atoms with van der Waals surface area (Å²) in [7, 11) is 0. The van der Waals surface area contributed by atoms with E-state index >= 15 is 0 Å². The summed E-state index contributed by atoms with van der Waals surface area (Å²) in [6.07, 6.45) is 1.22. The van der Waals surface area contributed by atoms with Gasteiger partial charge >= 0.3 is 0 Å². The molecule has 1 saturated heterocycles. The SMILES string of the molecule is FC1CN(c2ccn3c(n2)nc2ccccc23)C1. The molecule has 2 aromatic heterocycles. The Morgan fingerprint density at radius 2 is 1.94 bits per heavy atom. The first-order chi connectivity index (χ1) is 8.81. The molecular weight excluding hydrogens is 231 g/mol. The lowest BCUT2D eigenvalue weighted by molar-refractivity contribution is 0.273. The fraction of sp³-hybridized carbons (Fsp3) is 0.231. The Morgan fingerprint density at radius 1 is 1.11 bits per heavy atom. The predicted octanol–water partition coefficient (Wildman–Crippen LogP) is 2.04. The first-order valence-corrected chi connectivity index (χ1v) is 5.94. The van der Waals surface area contributed by atoms with Crippen LogP contribution in [0.1, 0.15) is 0 Å². The molecule has 0 atom stereocenters. The van der Waals surface area contributed by atoms with Crippen molar-refractivity contribution >= 4 is 22.6 Å². The summed E-state index contributed by atoms with van der Waals surface area (Å²) in [6, 6.07) is 9.82. The molecule has 90 valence electrons. The van der Waals surface area contributed by atoms with Gasteiger partial charge in [-0.1, -0.05) is 12.1 Å². The van der Waals surface area contributed by atoms with Gasteiger partial charge in [0.25, 0.3) is 0 Å². The van der Waals surface area contributed by atoms with Gasteiger partial charge < -0.3 is 4.90 Å². The van der Waals surface area contributed by atoms with Crippen LogP contribution in [0.15, 0.2) is 36.5 Å². The number of hydrogen-bond donors (Lipinski definition) is 0. The van der Waals surface area contributed by atoms with Crippen molar-refractivity contribution < 1.29 is 4.39 Å². The molecule has 0 saturated carbocycles. The first kappa shape index (κ1) is 9.82. The number of hydrogen-bond acceptors (Lipinski definition) is 3. The van der Waals surface area contributed by atoms with Gasteiger partial charge in [-0.15, -0.1) is 0 Å². The number of alkyl halides is 1. The van der Waals surface area contributed by atoms with Gasteiger partial charge in [0, 0.05) is 6.20 Å². The Kier molecular flexibility index (Phi) is 1.86. The third kappa shape index (κ3) is 1.30. The molecule has 4 rings (SSSR count). The molecule has 3 aromatic rings. The van der Waals surface area contributed by atoms with Crippen LogP contribution in [0, 0.1) is 0 Å². The van der Waals surface area contributed by atoms with E-state index in [0.29, 0.717) is 18.9 Å². The van der Waals surface area contributed by atoms with Crippen molar-refractivity contribution in [1.29, 1.82) is 0 Å². The number of imidazole rings is 1. The maximum Gasteiger partial charge on any atom is 0.236 e. The number of fused-ring (bicyclic) bond motifs is 3. The van der Waals surface area contributed by atoms with E-state index in [-0.39, 0.29) is 0 Å². The average Bonchev–Trinajstić information content (AvgIpc) is 2.72. The number of aromatic nitrogens is 3. The van der Waals surface area contributed by atoms with E-state index in [4.69, 9.17) is 0 Å². The zero-order valence-electron chi connectivity index (χ0n) is 9.62. The molecule has 0 spiro atoms. The minimum Gasteiger partial charge on any atom is -0.350 e. The van der Waals surface area contributed by atoms with Crippen molar-refractivity contribution in [2.45, 2.75) is 6.17 Å². The summed E-state index contributed by atoms with van der Waals surface area (Å²) in [5.74, 6) is 1.46. The molecule has 5 heteroatoms. The van der Waals surface area contributed by atoms with E-state index in [2.05, 4.69) is 9.97 Å². The molecule has 3 heterocycles. The first-order valence-electron chi connectivity index (χ1n) is 5.94. The number of para-hydroxylation sites is 2. The number of rotatable bonds is 1. The smallest absolute Gasteiger partial charge is 0.236 e. The van der Waals surface area contributed by atoms with E-state index < -0.39 is 6.17 Å². The van der Waals surface area contributed by atoms with E-state index in [1.165, 1.54) is 0 Å². The minimum absolute atomic E-state index is 0.434. The van der Waals surface area contributed by atoms with Crippen molar-refractivity contribution in [3.63, 3.8) is 0 Å². The van der Waals surface area contributed by atoms with Crippen molar-refractivity contribution in [3.05, 3.63) is 36.5 Å². The third-order valence-electron chi connectivity index (χ3n) is 3.33. The van der Waals surface area contributed by atoms with Crippen LogP contribution >= 0.6 is 0 Å². The van der Waals surface area contributed by atoms with E-state index in [0.717, 1.165) is 16.9 Å². The van der Waals surface area contributed by atoms with Gasteiger partial charge in [0.1, 0.15) is 12.0 Å². The Balaban J connectivity index is 1.87. The number of anilines is 1. The van der Waals surface area contributed by atoms with Gasteiger partial charge in [-0.05, 0) is 18.2 Å². The van der Waals surface area contributed by atoms with Crippen molar-refractivity contribution in [2.24, 2.45) is 0 Å². The highest BCUT2D eigenvalue weighted by Crippen LogP contribution is 2.22. The second-order valence-electron chi connectivity index (χ2n) is 4.56. The van der Waals surface area contributed by atoms with Crippen LogP contribution in [-0.4, -0.2) is 33.6 Å². The molecule has 18 heavy (non-hydrogen) atoms. The lowest BCUT2D eigenvalue weighted by Crippen LogP contribution is -2.48. The lowest BCUT2D eigenvalue weighted by Gasteiger charge is -2.35. The van der Waals surface area contributed by atoms with Crippen LogP contribution < -0.4 is 4.90 Å². The molecular formula is C13H11FN4. The van der Waals surface area contributed by atoms with Crippen LogP contribution in [0.4, 0.5) is 10.2 Å². The molecule has 4 nitrogen and oxygen atoms in total. The zero-order valence-corrected chi connectivity index (χ0v) is 9.62. The van der Waals surface area contributed by atoms with Crippen molar-refractivity contribution in [2.75, 3.05) is 18.0 Å². The van der Waals surface area contributed by atoms with Crippen LogP contribution in [0.25, 0.3) is 16.8 Å². The van der Waals surface area contributed by atoms with Crippen LogP contribution in [0.5, 0.6) is 0 Å². The summed E-state index contributed by atoms with van der Waals surface area (Å²) in [6.45, 7) is 0.868. The van der Waals surface area contributed by atoms with Gasteiger partial charge in [0.05, 0.1) is 24.1 Å². The third-order valence-corrected chi connectivity index (χ3v) is 3.33. The van der Waals surface area contributed by atoms with E-state index in [1.807, 2.05) is 45.8 Å². The molecule has 1 aromatic carbocycles. The Bertz CT molecular complexity index is 730. The monoisotopic (exact) mass is 242 g/mol. The number of halogens is 1. The topological polar surface area (TPSA) is 33.4 Å². The fourth-order valence-corrected chi connectivity index (χ4v) is 2.33. The number of nitrogens with zero attached hydrogens (tertiary/aromatic N) is 4. The molecule has 1 fully saturated rings.